The van der Waals surface area contributed by atoms with Crippen LogP contribution >= 0.6 is 0 Å². The summed E-state index contributed by atoms with van der Waals surface area (Å²) in [4.78, 5) is 11.8. The quantitative estimate of drug-likeness (QED) is 0.820. The molecule has 4 nitrogen and oxygen atoms in total. The number of hydrogen-bond donors (Lipinski definition) is 1. The predicted molar refractivity (Wildman–Crippen MR) is 79.5 cm³/mol. The molecule has 1 aromatic rings. The van der Waals surface area contributed by atoms with Crippen molar-refractivity contribution in [3.05, 3.63) is 17.7 Å². The van der Waals surface area contributed by atoms with Crippen LogP contribution < -0.4 is 10.2 Å². The van der Waals surface area contributed by atoms with E-state index < -0.39 is 0 Å². The number of rotatable bonds is 7. The zero-order valence-corrected chi connectivity index (χ0v) is 12.6. The summed E-state index contributed by atoms with van der Waals surface area (Å²) in [7, 11) is 1.97. The monoisotopic (exact) mass is 262 g/mol. The summed E-state index contributed by atoms with van der Waals surface area (Å²) in [5, 5.41) is 3.23. The minimum atomic E-state index is 0.380. The molecule has 0 spiro atoms. The van der Waals surface area contributed by atoms with Gasteiger partial charge in [0.05, 0.1) is 17.6 Å². The van der Waals surface area contributed by atoms with Gasteiger partial charge >= 0.3 is 0 Å². The Kier molecular flexibility index (Phi) is 4.75. The first-order chi connectivity index (χ1) is 9.17. The summed E-state index contributed by atoms with van der Waals surface area (Å²) in [5.74, 6) is 1.33. The molecule has 0 saturated heterocycles. The second kappa shape index (κ2) is 6.33. The van der Waals surface area contributed by atoms with Gasteiger partial charge in [-0.05, 0) is 26.3 Å². The summed E-state index contributed by atoms with van der Waals surface area (Å²) in [6.07, 6.45) is 5.82. The van der Waals surface area contributed by atoms with Crippen LogP contribution in [0.3, 0.4) is 0 Å². The minimum absolute atomic E-state index is 0.380. The van der Waals surface area contributed by atoms with Crippen LogP contribution in [0.5, 0.6) is 0 Å². The van der Waals surface area contributed by atoms with Gasteiger partial charge in [-0.1, -0.05) is 20.8 Å². The maximum atomic E-state index is 4.76. The number of nitrogens with one attached hydrogen (secondary N) is 1. The van der Waals surface area contributed by atoms with E-state index in [1.54, 1.807) is 0 Å². The molecule has 1 aliphatic rings. The summed E-state index contributed by atoms with van der Waals surface area (Å²) >= 11 is 0. The van der Waals surface area contributed by atoms with Crippen LogP contribution in [0.1, 0.15) is 57.5 Å². The molecular formula is C15H26N4. The zero-order valence-electron chi connectivity index (χ0n) is 12.6. The van der Waals surface area contributed by atoms with Crippen molar-refractivity contribution in [3.8, 4) is 0 Å². The maximum Gasteiger partial charge on any atom is 0.131 e. The molecule has 0 amide bonds. The molecule has 4 heteroatoms. The Labute approximate surface area is 116 Å². The van der Waals surface area contributed by atoms with Crippen LogP contribution in [0, 0.1) is 0 Å². The van der Waals surface area contributed by atoms with Crippen LogP contribution in [0.4, 0.5) is 5.69 Å². The first-order valence-electron chi connectivity index (χ1n) is 7.44. The van der Waals surface area contributed by atoms with Gasteiger partial charge in [-0.3, -0.25) is 0 Å². The van der Waals surface area contributed by atoms with Crippen molar-refractivity contribution in [3.63, 3.8) is 0 Å². The Morgan fingerprint density at radius 1 is 1.42 bits per heavy atom. The molecule has 0 aliphatic heterocycles. The highest BCUT2D eigenvalue weighted by molar-refractivity contribution is 5.51. The Morgan fingerprint density at radius 2 is 2.16 bits per heavy atom. The smallest absolute Gasteiger partial charge is 0.131 e. The normalized spacial score (nSPS) is 15.0. The number of nitrogens with zero attached hydrogens (tertiary/aromatic N) is 3. The van der Waals surface area contributed by atoms with Gasteiger partial charge in [0.1, 0.15) is 5.82 Å². The summed E-state index contributed by atoms with van der Waals surface area (Å²) < 4.78 is 0. The fraction of sp³-hybridized carbons (Fsp3) is 0.733. The van der Waals surface area contributed by atoms with E-state index in [-0.39, 0.29) is 0 Å². The van der Waals surface area contributed by atoms with Gasteiger partial charge in [-0.2, -0.15) is 0 Å². The van der Waals surface area contributed by atoms with Gasteiger partial charge in [-0.25, -0.2) is 9.97 Å². The Balaban J connectivity index is 2.30. The van der Waals surface area contributed by atoms with Crippen molar-refractivity contribution in [2.75, 3.05) is 18.5 Å². The second-order valence-corrected chi connectivity index (χ2v) is 5.67. The molecule has 1 aliphatic carbocycles. The highest BCUT2D eigenvalue weighted by Crippen LogP contribution is 2.33. The molecule has 1 aromatic heterocycles. The zero-order chi connectivity index (χ0) is 13.8. The third-order valence-electron chi connectivity index (χ3n) is 3.49. The Hall–Kier alpha value is -1.16. The first kappa shape index (κ1) is 14.3. The minimum Gasteiger partial charge on any atom is -0.366 e. The first-order valence-corrected chi connectivity index (χ1v) is 7.44. The van der Waals surface area contributed by atoms with Crippen molar-refractivity contribution in [2.24, 2.45) is 0 Å². The average Bonchev–Trinajstić information content (AvgIpc) is 3.21. The van der Waals surface area contributed by atoms with Gasteiger partial charge < -0.3 is 10.2 Å². The van der Waals surface area contributed by atoms with E-state index in [4.69, 9.17) is 4.98 Å². The predicted octanol–water partition coefficient (Wildman–Crippen LogP) is 2.70. The van der Waals surface area contributed by atoms with Gasteiger partial charge in [0, 0.05) is 25.0 Å². The molecule has 2 rings (SSSR count). The van der Waals surface area contributed by atoms with E-state index in [1.165, 1.54) is 24.9 Å². The van der Waals surface area contributed by atoms with E-state index in [0.29, 0.717) is 12.0 Å². The molecule has 0 bridgehead atoms. The molecule has 106 valence electrons. The maximum absolute atomic E-state index is 4.76. The average molecular weight is 262 g/mol. The van der Waals surface area contributed by atoms with Crippen LogP contribution in [0.25, 0.3) is 0 Å². The van der Waals surface area contributed by atoms with Gasteiger partial charge in [0.15, 0.2) is 0 Å². The standard InChI is InChI=1S/C15H26N4/c1-5-8-19(12-6-7-12)14-10-17-15(11(2)3)18-13(14)9-16-4/h10-12,16H,5-9H2,1-4H3. The molecular weight excluding hydrogens is 236 g/mol. The summed E-state index contributed by atoms with van der Waals surface area (Å²) in [6.45, 7) is 8.43. The Morgan fingerprint density at radius 3 is 2.68 bits per heavy atom. The SMILES string of the molecule is CCCN(c1cnc(C(C)C)nc1CNC)C1CC1. The lowest BCUT2D eigenvalue weighted by Crippen LogP contribution is -2.29. The second-order valence-electron chi connectivity index (χ2n) is 5.67. The Bertz CT molecular complexity index is 413. The highest BCUT2D eigenvalue weighted by atomic mass is 15.2. The third-order valence-corrected chi connectivity index (χ3v) is 3.49. The lowest BCUT2D eigenvalue weighted by molar-refractivity contribution is 0.699. The fourth-order valence-corrected chi connectivity index (χ4v) is 2.37. The summed E-state index contributed by atoms with van der Waals surface area (Å²) in [6, 6.07) is 0.712. The molecule has 0 aromatic carbocycles. The molecule has 19 heavy (non-hydrogen) atoms. The van der Waals surface area contributed by atoms with Crippen LogP contribution in [-0.4, -0.2) is 29.6 Å². The number of anilines is 1. The molecule has 1 N–H and O–H groups in total. The summed E-state index contributed by atoms with van der Waals surface area (Å²) in [5.41, 5.74) is 2.37. The van der Waals surface area contributed by atoms with E-state index in [2.05, 4.69) is 36.0 Å². The molecule has 1 saturated carbocycles. The van der Waals surface area contributed by atoms with Crippen molar-refractivity contribution in [1.29, 1.82) is 0 Å². The van der Waals surface area contributed by atoms with Crippen LogP contribution in [-0.2, 0) is 6.54 Å². The third kappa shape index (κ3) is 3.44. The van der Waals surface area contributed by atoms with Crippen molar-refractivity contribution in [2.45, 2.75) is 58.5 Å². The molecule has 1 heterocycles. The van der Waals surface area contributed by atoms with E-state index in [1.807, 2.05) is 13.2 Å². The van der Waals surface area contributed by atoms with Crippen molar-refractivity contribution in [1.82, 2.24) is 15.3 Å². The molecule has 0 unspecified atom stereocenters. The van der Waals surface area contributed by atoms with Crippen LogP contribution in [0.2, 0.25) is 0 Å². The van der Waals surface area contributed by atoms with Crippen molar-refractivity contribution >= 4 is 5.69 Å². The topological polar surface area (TPSA) is 41.1 Å². The fourth-order valence-electron chi connectivity index (χ4n) is 2.37. The lowest BCUT2D eigenvalue weighted by atomic mass is 10.2. The van der Waals surface area contributed by atoms with E-state index in [9.17, 15) is 0 Å². The largest absolute Gasteiger partial charge is 0.366 e. The highest BCUT2D eigenvalue weighted by Gasteiger charge is 2.30. The molecule has 0 radical (unpaired) electrons. The van der Waals surface area contributed by atoms with E-state index in [0.717, 1.165) is 24.6 Å². The van der Waals surface area contributed by atoms with Crippen LogP contribution in [0.15, 0.2) is 6.20 Å². The van der Waals surface area contributed by atoms with Gasteiger partial charge in [-0.15, -0.1) is 0 Å². The van der Waals surface area contributed by atoms with E-state index >= 15 is 0 Å². The molecule has 0 atom stereocenters. The number of aromatic nitrogens is 2. The van der Waals surface area contributed by atoms with Gasteiger partial charge in [0.2, 0.25) is 0 Å². The lowest BCUT2D eigenvalue weighted by Gasteiger charge is -2.26. The number of hydrogen-bond acceptors (Lipinski definition) is 4. The van der Waals surface area contributed by atoms with Gasteiger partial charge in [0.25, 0.3) is 0 Å². The van der Waals surface area contributed by atoms with Crippen molar-refractivity contribution < 1.29 is 0 Å². The molecule has 1 fully saturated rings.